The van der Waals surface area contributed by atoms with Crippen LogP contribution in [0.25, 0.3) is 0 Å². The van der Waals surface area contributed by atoms with Gasteiger partial charge in [-0.3, -0.25) is 4.68 Å². The lowest BCUT2D eigenvalue weighted by Crippen LogP contribution is -2.15. The van der Waals surface area contributed by atoms with Crippen molar-refractivity contribution in [2.75, 3.05) is 6.54 Å². The molecule has 1 heterocycles. The van der Waals surface area contributed by atoms with E-state index in [0.29, 0.717) is 5.41 Å². The van der Waals surface area contributed by atoms with E-state index >= 15 is 0 Å². The number of aryl methyl sites for hydroxylation is 2. The molecule has 0 aromatic carbocycles. The zero-order valence-corrected chi connectivity index (χ0v) is 13.6. The van der Waals surface area contributed by atoms with E-state index < -0.39 is 0 Å². The van der Waals surface area contributed by atoms with Crippen LogP contribution >= 0.6 is 0 Å². The van der Waals surface area contributed by atoms with Crippen molar-refractivity contribution in [3.63, 3.8) is 0 Å². The van der Waals surface area contributed by atoms with Gasteiger partial charge in [-0.2, -0.15) is 5.10 Å². The van der Waals surface area contributed by atoms with E-state index in [0.717, 1.165) is 32.5 Å². The van der Waals surface area contributed by atoms with E-state index in [-0.39, 0.29) is 0 Å². The maximum Gasteiger partial charge on any atom is 0.0669 e. The van der Waals surface area contributed by atoms with Crippen LogP contribution in [0.4, 0.5) is 0 Å². The highest BCUT2D eigenvalue weighted by atomic mass is 15.3. The Labute approximate surface area is 118 Å². The lowest BCUT2D eigenvalue weighted by Gasteiger charge is -2.18. The minimum Gasteiger partial charge on any atom is -0.313 e. The molecule has 110 valence electrons. The number of aromatic nitrogens is 2. The highest BCUT2D eigenvalue weighted by Crippen LogP contribution is 2.22. The first-order chi connectivity index (χ1) is 8.92. The Morgan fingerprint density at radius 3 is 2.26 bits per heavy atom. The largest absolute Gasteiger partial charge is 0.313 e. The molecule has 1 aromatic rings. The van der Waals surface area contributed by atoms with Crippen molar-refractivity contribution in [3.8, 4) is 0 Å². The summed E-state index contributed by atoms with van der Waals surface area (Å²) < 4.78 is 2.25. The normalized spacial score (nSPS) is 12.1. The Hall–Kier alpha value is -0.830. The van der Waals surface area contributed by atoms with Gasteiger partial charge in [0, 0.05) is 24.3 Å². The van der Waals surface area contributed by atoms with Crippen LogP contribution in [-0.2, 0) is 25.9 Å². The van der Waals surface area contributed by atoms with Gasteiger partial charge in [0.2, 0.25) is 0 Å². The third-order valence-corrected chi connectivity index (χ3v) is 3.54. The van der Waals surface area contributed by atoms with Crippen molar-refractivity contribution in [3.05, 3.63) is 17.0 Å². The lowest BCUT2D eigenvalue weighted by molar-refractivity contribution is 0.337. The van der Waals surface area contributed by atoms with Crippen molar-refractivity contribution >= 4 is 0 Å². The van der Waals surface area contributed by atoms with Crippen molar-refractivity contribution in [1.29, 1.82) is 0 Å². The number of nitrogens with one attached hydrogen (secondary N) is 1. The topological polar surface area (TPSA) is 29.9 Å². The molecule has 0 atom stereocenters. The lowest BCUT2D eigenvalue weighted by atomic mass is 9.92. The second kappa shape index (κ2) is 7.09. The average Bonchev–Trinajstić information content (AvgIpc) is 2.69. The Kier molecular flexibility index (Phi) is 6.05. The molecular weight excluding hydrogens is 234 g/mol. The molecule has 0 radical (unpaired) electrons. The molecule has 3 heteroatoms. The third kappa shape index (κ3) is 4.64. The van der Waals surface area contributed by atoms with Crippen molar-refractivity contribution in [2.24, 2.45) is 5.41 Å². The van der Waals surface area contributed by atoms with E-state index in [2.05, 4.69) is 51.5 Å². The smallest absolute Gasteiger partial charge is 0.0669 e. The van der Waals surface area contributed by atoms with Crippen LogP contribution < -0.4 is 5.32 Å². The fourth-order valence-corrected chi connectivity index (χ4v) is 2.35. The molecule has 0 unspecified atom stereocenters. The van der Waals surface area contributed by atoms with Gasteiger partial charge in [-0.15, -0.1) is 0 Å². The van der Waals surface area contributed by atoms with Gasteiger partial charge >= 0.3 is 0 Å². The third-order valence-electron chi connectivity index (χ3n) is 3.54. The van der Waals surface area contributed by atoms with Gasteiger partial charge in [-0.1, -0.05) is 41.5 Å². The average molecular weight is 265 g/mol. The molecule has 0 bridgehead atoms. The van der Waals surface area contributed by atoms with Gasteiger partial charge in [0.05, 0.1) is 5.69 Å². The number of hydrogen-bond donors (Lipinski definition) is 1. The van der Waals surface area contributed by atoms with E-state index in [1.807, 2.05) is 0 Å². The summed E-state index contributed by atoms with van der Waals surface area (Å²) in [5.74, 6) is 0. The molecule has 1 aromatic heterocycles. The quantitative estimate of drug-likeness (QED) is 0.817. The maximum atomic E-state index is 4.83. The van der Waals surface area contributed by atoms with Gasteiger partial charge in [0.1, 0.15) is 0 Å². The molecule has 0 saturated carbocycles. The Bertz CT molecular complexity index is 385. The van der Waals surface area contributed by atoms with Crippen LogP contribution in [0.2, 0.25) is 0 Å². The SMILES string of the molecule is CCNCc1c(CC)nn(CCC(C)(C)C)c1CC. The van der Waals surface area contributed by atoms with Crippen molar-refractivity contribution in [2.45, 2.75) is 73.9 Å². The minimum absolute atomic E-state index is 0.366. The number of hydrogen-bond acceptors (Lipinski definition) is 2. The van der Waals surface area contributed by atoms with Crippen LogP contribution in [0, 0.1) is 5.41 Å². The highest BCUT2D eigenvalue weighted by Gasteiger charge is 2.17. The summed E-state index contributed by atoms with van der Waals surface area (Å²) in [4.78, 5) is 0. The summed E-state index contributed by atoms with van der Waals surface area (Å²) in [5.41, 5.74) is 4.49. The van der Waals surface area contributed by atoms with Crippen LogP contribution in [0.1, 0.15) is 64.9 Å². The Morgan fingerprint density at radius 1 is 1.11 bits per heavy atom. The molecule has 1 N–H and O–H groups in total. The Morgan fingerprint density at radius 2 is 1.79 bits per heavy atom. The van der Waals surface area contributed by atoms with E-state index in [9.17, 15) is 0 Å². The van der Waals surface area contributed by atoms with Gasteiger partial charge in [0.25, 0.3) is 0 Å². The van der Waals surface area contributed by atoms with Crippen LogP contribution in [-0.4, -0.2) is 16.3 Å². The number of nitrogens with zero attached hydrogens (tertiary/aromatic N) is 2. The summed E-state index contributed by atoms with van der Waals surface area (Å²) in [6.45, 7) is 16.5. The van der Waals surface area contributed by atoms with E-state index in [1.54, 1.807) is 0 Å². The second-order valence-electron chi connectivity index (χ2n) is 6.39. The molecule has 0 aliphatic carbocycles. The summed E-state index contributed by atoms with van der Waals surface area (Å²) in [6.07, 6.45) is 3.26. The zero-order valence-electron chi connectivity index (χ0n) is 13.6. The molecule has 3 nitrogen and oxygen atoms in total. The fourth-order valence-electron chi connectivity index (χ4n) is 2.35. The molecule has 0 spiro atoms. The summed E-state index contributed by atoms with van der Waals surface area (Å²) in [5, 5.41) is 8.28. The minimum atomic E-state index is 0.366. The Balaban J connectivity index is 2.94. The highest BCUT2D eigenvalue weighted by molar-refractivity contribution is 5.26. The molecular formula is C16H31N3. The molecule has 0 fully saturated rings. The zero-order chi connectivity index (χ0) is 14.5. The molecule has 0 aliphatic heterocycles. The molecule has 19 heavy (non-hydrogen) atoms. The molecule has 0 saturated heterocycles. The summed E-state index contributed by atoms with van der Waals surface area (Å²) in [6, 6.07) is 0. The predicted octanol–water partition coefficient (Wildman–Crippen LogP) is 3.55. The monoisotopic (exact) mass is 265 g/mol. The van der Waals surface area contributed by atoms with E-state index in [4.69, 9.17) is 5.10 Å². The first-order valence-electron chi connectivity index (χ1n) is 7.71. The fraction of sp³-hybridized carbons (Fsp3) is 0.812. The van der Waals surface area contributed by atoms with Gasteiger partial charge in [-0.25, -0.2) is 0 Å². The first-order valence-corrected chi connectivity index (χ1v) is 7.71. The maximum absolute atomic E-state index is 4.83. The van der Waals surface area contributed by atoms with Gasteiger partial charge in [0.15, 0.2) is 0 Å². The molecule has 0 amide bonds. The number of rotatable bonds is 7. The van der Waals surface area contributed by atoms with Crippen molar-refractivity contribution in [1.82, 2.24) is 15.1 Å². The standard InChI is InChI=1S/C16H31N3/c1-7-14-13(12-17-9-3)15(8-2)19(18-14)11-10-16(4,5)6/h17H,7-12H2,1-6H3. The van der Waals surface area contributed by atoms with Crippen LogP contribution in [0.3, 0.4) is 0 Å². The van der Waals surface area contributed by atoms with E-state index in [1.165, 1.54) is 23.4 Å². The van der Waals surface area contributed by atoms with Gasteiger partial charge in [-0.05, 0) is 31.2 Å². The predicted molar refractivity (Wildman–Crippen MR) is 82.4 cm³/mol. The van der Waals surface area contributed by atoms with Crippen LogP contribution in [0.15, 0.2) is 0 Å². The van der Waals surface area contributed by atoms with Crippen LogP contribution in [0.5, 0.6) is 0 Å². The summed E-state index contributed by atoms with van der Waals surface area (Å²) in [7, 11) is 0. The van der Waals surface area contributed by atoms with Gasteiger partial charge < -0.3 is 5.32 Å². The van der Waals surface area contributed by atoms with Crippen molar-refractivity contribution < 1.29 is 0 Å². The molecule has 0 aliphatic rings. The summed E-state index contributed by atoms with van der Waals surface area (Å²) >= 11 is 0. The molecule has 1 rings (SSSR count). The first kappa shape index (κ1) is 16.2. The second-order valence-corrected chi connectivity index (χ2v) is 6.39.